The highest BCUT2D eigenvalue weighted by atomic mass is 35.5. The molecule has 2 N–H and O–H groups in total. The number of carbonyl (C=O) groups is 3. The summed E-state index contributed by atoms with van der Waals surface area (Å²) in [6.45, 7) is 4.74. The van der Waals surface area contributed by atoms with Crippen LogP contribution in [-0.4, -0.2) is 35.7 Å². The molecule has 0 saturated carbocycles. The zero-order valence-electron chi connectivity index (χ0n) is 15.6. The Kier molecular flexibility index (Phi) is 7.82. The molecule has 0 aliphatic carbocycles. The summed E-state index contributed by atoms with van der Waals surface area (Å²) in [5.74, 6) is -0.633. The van der Waals surface area contributed by atoms with Gasteiger partial charge in [0, 0.05) is 5.56 Å². The molecule has 0 aromatic heterocycles. The van der Waals surface area contributed by atoms with Crippen LogP contribution in [0.4, 0.5) is 0 Å². The molecular weight excluding hydrogens is 417 g/mol. The summed E-state index contributed by atoms with van der Waals surface area (Å²) in [5.41, 5.74) is 1.27. The molecule has 0 heterocycles. The molecule has 1 amide bonds. The number of amides is 1. The van der Waals surface area contributed by atoms with Crippen LogP contribution in [0.5, 0.6) is 11.5 Å². The van der Waals surface area contributed by atoms with E-state index >= 15 is 0 Å². The molecule has 2 aromatic rings. The second kappa shape index (κ2) is 10.1. The number of phenolic OH excluding ortho intramolecular Hbond substituents is 1. The van der Waals surface area contributed by atoms with Crippen LogP contribution in [0, 0.1) is 0 Å². The standard InChI is InChI=1S/C21H19Cl2NO5/c1-12(2)21(28)16-7-8-17(20(23)19(16)22)29-11-18(27)24-14(10-25)9-13-3-5-15(26)6-4-13/h3-8,10,14,26H,1,9,11H2,2H3,(H,24,27). The van der Waals surface area contributed by atoms with Crippen molar-refractivity contribution in [3.8, 4) is 11.5 Å². The first-order chi connectivity index (χ1) is 13.7. The fraction of sp³-hybridized carbons (Fsp3) is 0.190. The quantitative estimate of drug-likeness (QED) is 0.355. The predicted molar refractivity (Wildman–Crippen MR) is 111 cm³/mol. The number of ketones is 1. The van der Waals surface area contributed by atoms with E-state index in [2.05, 4.69) is 11.9 Å². The van der Waals surface area contributed by atoms with E-state index in [0.717, 1.165) is 5.56 Å². The maximum absolute atomic E-state index is 12.1. The average Bonchev–Trinajstić information content (AvgIpc) is 2.69. The van der Waals surface area contributed by atoms with Gasteiger partial charge < -0.3 is 20.0 Å². The minimum atomic E-state index is -0.759. The van der Waals surface area contributed by atoms with Gasteiger partial charge in [0.1, 0.15) is 22.8 Å². The summed E-state index contributed by atoms with van der Waals surface area (Å²) < 4.78 is 5.37. The van der Waals surface area contributed by atoms with Crippen LogP contribution in [-0.2, 0) is 16.0 Å². The molecule has 0 saturated heterocycles. The molecule has 6 nitrogen and oxygen atoms in total. The summed E-state index contributed by atoms with van der Waals surface area (Å²) in [5, 5.41) is 11.8. The van der Waals surface area contributed by atoms with Crippen LogP contribution in [0.1, 0.15) is 22.8 Å². The Hall–Kier alpha value is -2.83. The Balaban J connectivity index is 1.98. The van der Waals surface area contributed by atoms with Gasteiger partial charge in [-0.25, -0.2) is 0 Å². The first-order valence-corrected chi connectivity index (χ1v) is 9.32. The minimum Gasteiger partial charge on any atom is -0.508 e. The molecule has 2 aromatic carbocycles. The van der Waals surface area contributed by atoms with Crippen LogP contribution in [0.2, 0.25) is 10.0 Å². The van der Waals surface area contributed by atoms with Gasteiger partial charge in [-0.05, 0) is 48.7 Å². The zero-order chi connectivity index (χ0) is 21.6. The lowest BCUT2D eigenvalue weighted by Crippen LogP contribution is -2.40. The van der Waals surface area contributed by atoms with Crippen LogP contribution in [0.15, 0.2) is 48.6 Å². The summed E-state index contributed by atoms with van der Waals surface area (Å²) in [6.07, 6.45) is 0.881. The number of carbonyl (C=O) groups excluding carboxylic acids is 3. The summed E-state index contributed by atoms with van der Waals surface area (Å²) >= 11 is 12.3. The van der Waals surface area contributed by atoms with Crippen molar-refractivity contribution in [3.05, 3.63) is 69.7 Å². The van der Waals surface area contributed by atoms with Gasteiger partial charge in [-0.15, -0.1) is 0 Å². The summed E-state index contributed by atoms with van der Waals surface area (Å²) in [7, 11) is 0. The maximum atomic E-state index is 12.1. The average molecular weight is 436 g/mol. The number of allylic oxidation sites excluding steroid dienone is 1. The van der Waals surface area contributed by atoms with Crippen molar-refractivity contribution in [2.24, 2.45) is 0 Å². The van der Waals surface area contributed by atoms with Crippen molar-refractivity contribution in [1.82, 2.24) is 5.32 Å². The van der Waals surface area contributed by atoms with E-state index in [1.807, 2.05) is 0 Å². The molecule has 0 aliphatic heterocycles. The molecule has 2 rings (SSSR count). The molecule has 0 aliphatic rings. The Morgan fingerprint density at radius 1 is 1.17 bits per heavy atom. The van der Waals surface area contributed by atoms with Gasteiger partial charge in [0.25, 0.3) is 5.91 Å². The molecule has 0 spiro atoms. The highest BCUT2D eigenvalue weighted by molar-refractivity contribution is 6.45. The second-order valence-corrected chi connectivity index (χ2v) is 7.07. The number of phenols is 1. The van der Waals surface area contributed by atoms with E-state index < -0.39 is 18.6 Å². The minimum absolute atomic E-state index is 0.00240. The first kappa shape index (κ1) is 22.5. The number of ether oxygens (including phenoxy) is 1. The maximum Gasteiger partial charge on any atom is 0.258 e. The monoisotopic (exact) mass is 435 g/mol. The Morgan fingerprint density at radius 3 is 2.41 bits per heavy atom. The molecule has 1 atom stereocenters. The number of rotatable bonds is 9. The van der Waals surface area contributed by atoms with Crippen LogP contribution >= 0.6 is 23.2 Å². The Bertz CT molecular complexity index is 941. The van der Waals surface area contributed by atoms with Gasteiger partial charge in [-0.2, -0.15) is 0 Å². The number of halogens is 2. The summed E-state index contributed by atoms with van der Waals surface area (Å²) in [4.78, 5) is 35.4. The van der Waals surface area contributed by atoms with Crippen LogP contribution in [0.25, 0.3) is 0 Å². The lowest BCUT2D eigenvalue weighted by atomic mass is 10.1. The smallest absolute Gasteiger partial charge is 0.258 e. The molecule has 1 unspecified atom stereocenters. The van der Waals surface area contributed by atoms with Gasteiger partial charge in [-0.3, -0.25) is 9.59 Å². The van der Waals surface area contributed by atoms with Crippen molar-refractivity contribution < 1.29 is 24.2 Å². The SMILES string of the molecule is C=C(C)C(=O)c1ccc(OCC(=O)NC(C=O)Cc2ccc(O)cc2)c(Cl)c1Cl. The third kappa shape index (κ3) is 6.07. The number of nitrogens with one attached hydrogen (secondary N) is 1. The normalized spacial score (nSPS) is 11.4. The largest absolute Gasteiger partial charge is 0.508 e. The third-order valence-corrected chi connectivity index (χ3v) is 4.81. The highest BCUT2D eigenvalue weighted by Gasteiger charge is 2.18. The Morgan fingerprint density at radius 2 is 1.83 bits per heavy atom. The summed E-state index contributed by atoms with van der Waals surface area (Å²) in [6, 6.07) is 8.42. The highest BCUT2D eigenvalue weighted by Crippen LogP contribution is 2.35. The van der Waals surface area contributed by atoms with Gasteiger partial charge in [0.15, 0.2) is 12.4 Å². The molecular formula is C21H19Cl2NO5. The zero-order valence-corrected chi connectivity index (χ0v) is 17.1. The number of hydrogen-bond donors (Lipinski definition) is 2. The molecule has 0 fully saturated rings. The van der Waals surface area contributed by atoms with Crippen molar-refractivity contribution in [1.29, 1.82) is 0 Å². The van der Waals surface area contributed by atoms with Gasteiger partial charge in [0.2, 0.25) is 0 Å². The number of aromatic hydroxyl groups is 1. The fourth-order valence-electron chi connectivity index (χ4n) is 2.46. The van der Waals surface area contributed by atoms with Crippen molar-refractivity contribution in [3.63, 3.8) is 0 Å². The van der Waals surface area contributed by atoms with E-state index in [4.69, 9.17) is 27.9 Å². The van der Waals surface area contributed by atoms with E-state index in [0.29, 0.717) is 11.9 Å². The van der Waals surface area contributed by atoms with Crippen molar-refractivity contribution in [2.45, 2.75) is 19.4 Å². The van der Waals surface area contributed by atoms with Gasteiger partial charge in [0.05, 0.1) is 11.1 Å². The second-order valence-electron chi connectivity index (χ2n) is 6.32. The molecule has 0 radical (unpaired) electrons. The van der Waals surface area contributed by atoms with E-state index in [-0.39, 0.29) is 39.3 Å². The van der Waals surface area contributed by atoms with Gasteiger partial charge in [-0.1, -0.05) is 41.9 Å². The molecule has 8 heteroatoms. The van der Waals surface area contributed by atoms with Crippen molar-refractivity contribution >= 4 is 41.2 Å². The van der Waals surface area contributed by atoms with Gasteiger partial charge >= 0.3 is 0 Å². The van der Waals surface area contributed by atoms with Crippen LogP contribution in [0.3, 0.4) is 0 Å². The third-order valence-electron chi connectivity index (χ3n) is 3.94. The fourth-order valence-corrected chi connectivity index (χ4v) is 2.92. The topological polar surface area (TPSA) is 92.7 Å². The van der Waals surface area contributed by atoms with E-state index in [1.54, 1.807) is 19.1 Å². The predicted octanol–water partition coefficient (Wildman–Crippen LogP) is 3.76. The van der Waals surface area contributed by atoms with Crippen molar-refractivity contribution in [2.75, 3.05) is 6.61 Å². The number of hydrogen-bond acceptors (Lipinski definition) is 5. The number of benzene rings is 2. The lowest BCUT2D eigenvalue weighted by molar-refractivity contribution is -0.125. The lowest BCUT2D eigenvalue weighted by Gasteiger charge is -2.15. The first-order valence-electron chi connectivity index (χ1n) is 8.56. The van der Waals surface area contributed by atoms with Crippen LogP contribution < -0.4 is 10.1 Å². The molecule has 152 valence electrons. The Labute approximate surface area is 178 Å². The molecule has 0 bridgehead atoms. The number of aldehydes is 1. The van der Waals surface area contributed by atoms with E-state index in [1.165, 1.54) is 24.3 Å². The van der Waals surface area contributed by atoms with E-state index in [9.17, 15) is 19.5 Å². The molecule has 29 heavy (non-hydrogen) atoms. The number of Topliss-reactive ketones (excluding diaryl/α,β-unsaturated/α-hetero) is 1.